The lowest BCUT2D eigenvalue weighted by Gasteiger charge is -2.12. The second-order valence-corrected chi connectivity index (χ2v) is 4.82. The Morgan fingerprint density at radius 3 is 2.73 bits per heavy atom. The number of para-hydroxylation sites is 2. The third kappa shape index (κ3) is 4.60. The van der Waals surface area contributed by atoms with Crippen LogP contribution in [0.4, 0.5) is 17.5 Å². The van der Waals surface area contributed by atoms with Crippen LogP contribution < -0.4 is 15.4 Å². The van der Waals surface area contributed by atoms with Crippen LogP contribution >= 0.6 is 0 Å². The predicted octanol–water partition coefficient (Wildman–Crippen LogP) is 2.99. The van der Waals surface area contributed by atoms with E-state index in [9.17, 15) is 0 Å². The van der Waals surface area contributed by atoms with E-state index < -0.39 is 0 Å². The summed E-state index contributed by atoms with van der Waals surface area (Å²) in [7, 11) is 3.34. The fourth-order valence-electron chi connectivity index (χ4n) is 2.02. The van der Waals surface area contributed by atoms with Gasteiger partial charge in [0.2, 0.25) is 5.95 Å². The van der Waals surface area contributed by atoms with Gasteiger partial charge in [0.1, 0.15) is 11.6 Å². The minimum Gasteiger partial charge on any atom is -0.495 e. The Morgan fingerprint density at radius 2 is 1.95 bits per heavy atom. The van der Waals surface area contributed by atoms with Gasteiger partial charge < -0.3 is 20.1 Å². The molecule has 0 saturated heterocycles. The standard InChI is InChI=1S/C16H22N4O2/c1-12-11-15(17-9-6-10-21-2)20-16(18-12)19-13-7-4-5-8-14(13)22-3/h4-5,7-8,11H,6,9-10H2,1-3H3,(H2,17,18,19,20). The summed E-state index contributed by atoms with van der Waals surface area (Å²) in [6.07, 6.45) is 0.925. The van der Waals surface area contributed by atoms with Crippen molar-refractivity contribution in [3.8, 4) is 5.75 Å². The van der Waals surface area contributed by atoms with Crippen LogP contribution in [0.5, 0.6) is 5.75 Å². The van der Waals surface area contributed by atoms with E-state index in [2.05, 4.69) is 20.6 Å². The number of aryl methyl sites for hydroxylation is 1. The lowest BCUT2D eigenvalue weighted by atomic mass is 10.3. The van der Waals surface area contributed by atoms with Crippen molar-refractivity contribution in [3.63, 3.8) is 0 Å². The molecule has 0 atom stereocenters. The summed E-state index contributed by atoms with van der Waals surface area (Å²) in [5, 5.41) is 6.47. The van der Waals surface area contributed by atoms with Gasteiger partial charge in [-0.25, -0.2) is 4.98 Å². The van der Waals surface area contributed by atoms with Crippen molar-refractivity contribution in [2.24, 2.45) is 0 Å². The van der Waals surface area contributed by atoms with Crippen molar-refractivity contribution in [1.29, 1.82) is 0 Å². The molecule has 0 fully saturated rings. The number of benzene rings is 1. The summed E-state index contributed by atoms with van der Waals surface area (Å²) in [4.78, 5) is 8.88. The van der Waals surface area contributed by atoms with Gasteiger partial charge >= 0.3 is 0 Å². The molecule has 0 aliphatic rings. The maximum Gasteiger partial charge on any atom is 0.229 e. The first kappa shape index (κ1) is 16.0. The molecule has 118 valence electrons. The average molecular weight is 302 g/mol. The van der Waals surface area contributed by atoms with Gasteiger partial charge in [0.15, 0.2) is 0 Å². The zero-order valence-electron chi connectivity index (χ0n) is 13.2. The molecule has 2 rings (SSSR count). The first-order valence-electron chi connectivity index (χ1n) is 7.21. The van der Waals surface area contributed by atoms with Crippen LogP contribution in [0.15, 0.2) is 30.3 Å². The largest absolute Gasteiger partial charge is 0.495 e. The molecule has 0 radical (unpaired) electrons. The molecule has 0 spiro atoms. The highest BCUT2D eigenvalue weighted by molar-refractivity contribution is 5.63. The van der Waals surface area contributed by atoms with Crippen molar-refractivity contribution < 1.29 is 9.47 Å². The van der Waals surface area contributed by atoms with E-state index in [0.29, 0.717) is 5.95 Å². The summed E-state index contributed by atoms with van der Waals surface area (Å²) in [6.45, 7) is 3.47. The number of nitrogens with zero attached hydrogens (tertiary/aromatic N) is 2. The monoisotopic (exact) mass is 302 g/mol. The Bertz CT molecular complexity index is 604. The highest BCUT2D eigenvalue weighted by Gasteiger charge is 2.06. The smallest absolute Gasteiger partial charge is 0.229 e. The van der Waals surface area contributed by atoms with Gasteiger partial charge in [0.25, 0.3) is 0 Å². The van der Waals surface area contributed by atoms with E-state index in [1.165, 1.54) is 0 Å². The maximum atomic E-state index is 5.32. The number of hydrogen-bond acceptors (Lipinski definition) is 6. The average Bonchev–Trinajstić information content (AvgIpc) is 2.52. The maximum absolute atomic E-state index is 5.32. The van der Waals surface area contributed by atoms with Gasteiger partial charge in [0.05, 0.1) is 12.8 Å². The molecule has 0 aliphatic carbocycles. The van der Waals surface area contributed by atoms with Crippen LogP contribution in [-0.2, 0) is 4.74 Å². The lowest BCUT2D eigenvalue weighted by molar-refractivity contribution is 0.198. The van der Waals surface area contributed by atoms with E-state index in [0.717, 1.165) is 42.5 Å². The van der Waals surface area contributed by atoms with Crippen LogP contribution in [0, 0.1) is 6.92 Å². The van der Waals surface area contributed by atoms with Crippen molar-refractivity contribution in [1.82, 2.24) is 9.97 Å². The highest BCUT2D eigenvalue weighted by Crippen LogP contribution is 2.26. The Balaban J connectivity index is 2.09. The van der Waals surface area contributed by atoms with Gasteiger partial charge in [-0.15, -0.1) is 0 Å². The van der Waals surface area contributed by atoms with E-state index in [1.807, 2.05) is 37.3 Å². The van der Waals surface area contributed by atoms with Gasteiger partial charge in [0, 0.05) is 32.0 Å². The molecular formula is C16H22N4O2. The molecule has 0 saturated carbocycles. The van der Waals surface area contributed by atoms with E-state index in [-0.39, 0.29) is 0 Å². The van der Waals surface area contributed by atoms with Crippen LogP contribution in [0.25, 0.3) is 0 Å². The number of anilines is 3. The van der Waals surface area contributed by atoms with E-state index >= 15 is 0 Å². The molecule has 2 aromatic rings. The fraction of sp³-hybridized carbons (Fsp3) is 0.375. The Hall–Kier alpha value is -2.34. The van der Waals surface area contributed by atoms with Crippen molar-refractivity contribution in [2.75, 3.05) is 38.0 Å². The Kier molecular flexibility index (Phi) is 5.97. The molecular weight excluding hydrogens is 280 g/mol. The van der Waals surface area contributed by atoms with Crippen molar-refractivity contribution in [3.05, 3.63) is 36.0 Å². The van der Waals surface area contributed by atoms with E-state index in [1.54, 1.807) is 14.2 Å². The normalized spacial score (nSPS) is 10.3. The molecule has 0 aliphatic heterocycles. The molecule has 22 heavy (non-hydrogen) atoms. The van der Waals surface area contributed by atoms with Crippen LogP contribution in [0.2, 0.25) is 0 Å². The zero-order chi connectivity index (χ0) is 15.8. The molecule has 1 aromatic carbocycles. The second-order valence-electron chi connectivity index (χ2n) is 4.82. The van der Waals surface area contributed by atoms with Gasteiger partial charge in [-0.1, -0.05) is 12.1 Å². The first-order valence-corrected chi connectivity index (χ1v) is 7.21. The first-order chi connectivity index (χ1) is 10.7. The van der Waals surface area contributed by atoms with Gasteiger partial charge in [-0.3, -0.25) is 0 Å². The molecule has 0 unspecified atom stereocenters. The van der Waals surface area contributed by atoms with Gasteiger partial charge in [-0.05, 0) is 25.5 Å². The number of nitrogens with one attached hydrogen (secondary N) is 2. The summed E-state index contributed by atoms with van der Waals surface area (Å²) in [5.74, 6) is 2.09. The van der Waals surface area contributed by atoms with Crippen molar-refractivity contribution >= 4 is 17.5 Å². The fourth-order valence-corrected chi connectivity index (χ4v) is 2.02. The summed E-state index contributed by atoms with van der Waals surface area (Å²) in [5.41, 5.74) is 1.72. The summed E-state index contributed by atoms with van der Waals surface area (Å²) >= 11 is 0. The molecule has 6 nitrogen and oxygen atoms in total. The lowest BCUT2D eigenvalue weighted by Crippen LogP contribution is -2.08. The molecule has 2 N–H and O–H groups in total. The zero-order valence-corrected chi connectivity index (χ0v) is 13.2. The van der Waals surface area contributed by atoms with Crippen LogP contribution in [-0.4, -0.2) is 37.3 Å². The van der Waals surface area contributed by atoms with Crippen LogP contribution in [0.1, 0.15) is 12.1 Å². The highest BCUT2D eigenvalue weighted by atomic mass is 16.5. The molecule has 0 bridgehead atoms. The number of rotatable bonds is 8. The predicted molar refractivity (Wildman–Crippen MR) is 88.0 cm³/mol. The van der Waals surface area contributed by atoms with E-state index in [4.69, 9.17) is 9.47 Å². The number of methoxy groups -OCH3 is 2. The molecule has 1 heterocycles. The number of hydrogen-bond donors (Lipinski definition) is 2. The van der Waals surface area contributed by atoms with Gasteiger partial charge in [-0.2, -0.15) is 4.98 Å². The SMILES string of the molecule is COCCCNc1cc(C)nc(Nc2ccccc2OC)n1. The van der Waals surface area contributed by atoms with Crippen molar-refractivity contribution in [2.45, 2.75) is 13.3 Å². The minimum absolute atomic E-state index is 0.541. The number of ether oxygens (including phenoxy) is 2. The third-order valence-corrected chi connectivity index (χ3v) is 3.04. The summed E-state index contributed by atoms with van der Waals surface area (Å²) < 4.78 is 10.4. The summed E-state index contributed by atoms with van der Waals surface area (Å²) in [6, 6.07) is 9.59. The molecule has 6 heteroatoms. The Labute approximate surface area is 130 Å². The second kappa shape index (κ2) is 8.19. The number of aromatic nitrogens is 2. The quantitative estimate of drug-likeness (QED) is 0.731. The molecule has 1 aromatic heterocycles. The molecule has 0 amide bonds. The topological polar surface area (TPSA) is 68.3 Å². The Morgan fingerprint density at radius 1 is 1.14 bits per heavy atom. The van der Waals surface area contributed by atoms with Crippen LogP contribution in [0.3, 0.4) is 0 Å². The third-order valence-electron chi connectivity index (χ3n) is 3.04. The minimum atomic E-state index is 0.541.